The molecular formula is C29H26N2O7. The van der Waals surface area contributed by atoms with Gasteiger partial charge in [0.2, 0.25) is 11.3 Å². The molecule has 0 radical (unpaired) electrons. The van der Waals surface area contributed by atoms with Crippen molar-refractivity contribution in [1.29, 1.82) is 0 Å². The molecule has 38 heavy (non-hydrogen) atoms. The van der Waals surface area contributed by atoms with E-state index in [0.29, 0.717) is 53.0 Å². The standard InChI is InChI=1S/C29H26N2O7/c1-17-4-6-18(7-5-17)28(33)21-15-31(16-27(32)30-22-9-8-19(35-2)12-24(22)36-3)23-14-26-25(37-10-11-38-26)13-20(23)29(21)34/h4-9,12-15H,10-11,16H2,1-3H3,(H,30,32). The molecule has 1 aliphatic rings. The lowest BCUT2D eigenvalue weighted by molar-refractivity contribution is -0.116. The molecule has 3 aromatic carbocycles. The summed E-state index contributed by atoms with van der Waals surface area (Å²) in [4.78, 5) is 40.1. The van der Waals surface area contributed by atoms with E-state index < -0.39 is 11.2 Å². The van der Waals surface area contributed by atoms with E-state index in [2.05, 4.69) is 5.32 Å². The summed E-state index contributed by atoms with van der Waals surface area (Å²) >= 11 is 0. The predicted octanol–water partition coefficient (Wildman–Crippen LogP) is 3.97. The fraction of sp³-hybridized carbons (Fsp3) is 0.207. The molecule has 0 aliphatic carbocycles. The number of methoxy groups -OCH3 is 2. The highest BCUT2D eigenvalue weighted by Crippen LogP contribution is 2.34. The van der Waals surface area contributed by atoms with Gasteiger partial charge in [-0.2, -0.15) is 0 Å². The van der Waals surface area contributed by atoms with E-state index in [0.717, 1.165) is 5.56 Å². The highest BCUT2D eigenvalue weighted by atomic mass is 16.6. The van der Waals surface area contributed by atoms with Crippen molar-refractivity contribution in [2.24, 2.45) is 0 Å². The zero-order valence-electron chi connectivity index (χ0n) is 21.2. The first-order chi connectivity index (χ1) is 18.4. The van der Waals surface area contributed by atoms with Gasteiger partial charge in [-0.1, -0.05) is 29.8 Å². The summed E-state index contributed by atoms with van der Waals surface area (Å²) in [6.07, 6.45) is 1.42. The molecule has 1 amide bonds. The molecular weight excluding hydrogens is 488 g/mol. The van der Waals surface area contributed by atoms with Gasteiger partial charge < -0.3 is 28.8 Å². The number of nitrogens with one attached hydrogen (secondary N) is 1. The van der Waals surface area contributed by atoms with E-state index in [1.54, 1.807) is 47.0 Å². The Morgan fingerprint density at radius 3 is 2.34 bits per heavy atom. The van der Waals surface area contributed by atoms with Gasteiger partial charge in [-0.3, -0.25) is 14.4 Å². The van der Waals surface area contributed by atoms with Crippen molar-refractivity contribution in [3.63, 3.8) is 0 Å². The van der Waals surface area contributed by atoms with E-state index in [1.807, 2.05) is 19.1 Å². The lowest BCUT2D eigenvalue weighted by Gasteiger charge is -2.21. The number of anilines is 1. The molecule has 1 N–H and O–H groups in total. The average Bonchev–Trinajstić information content (AvgIpc) is 2.94. The van der Waals surface area contributed by atoms with Crippen LogP contribution in [-0.2, 0) is 11.3 Å². The number of nitrogens with zero attached hydrogens (tertiary/aromatic N) is 1. The van der Waals surface area contributed by atoms with Gasteiger partial charge in [-0.25, -0.2) is 0 Å². The van der Waals surface area contributed by atoms with Gasteiger partial charge >= 0.3 is 0 Å². The summed E-state index contributed by atoms with van der Waals surface area (Å²) in [6.45, 7) is 2.45. The quantitative estimate of drug-likeness (QED) is 0.372. The van der Waals surface area contributed by atoms with Crippen LogP contribution < -0.4 is 29.7 Å². The molecule has 9 nitrogen and oxygen atoms in total. The van der Waals surface area contributed by atoms with Gasteiger partial charge in [0.05, 0.1) is 36.4 Å². The Morgan fingerprint density at radius 1 is 0.947 bits per heavy atom. The van der Waals surface area contributed by atoms with Crippen molar-refractivity contribution in [2.45, 2.75) is 13.5 Å². The van der Waals surface area contributed by atoms with Gasteiger partial charge in [0.15, 0.2) is 17.3 Å². The van der Waals surface area contributed by atoms with Crippen molar-refractivity contribution >= 4 is 28.3 Å². The number of hydrogen-bond acceptors (Lipinski definition) is 7. The molecule has 0 saturated carbocycles. The molecule has 194 valence electrons. The minimum atomic E-state index is -0.448. The predicted molar refractivity (Wildman–Crippen MR) is 142 cm³/mol. The Balaban J connectivity index is 1.57. The van der Waals surface area contributed by atoms with Gasteiger partial charge in [-0.05, 0) is 25.1 Å². The third-order valence-electron chi connectivity index (χ3n) is 6.30. The summed E-state index contributed by atoms with van der Waals surface area (Å²) in [5.41, 5.74) is 1.77. The second-order valence-corrected chi connectivity index (χ2v) is 8.82. The number of amides is 1. The van der Waals surface area contributed by atoms with E-state index in [9.17, 15) is 14.4 Å². The number of pyridine rings is 1. The number of carbonyl (C=O) groups excluding carboxylic acids is 2. The second-order valence-electron chi connectivity index (χ2n) is 8.82. The highest BCUT2D eigenvalue weighted by Gasteiger charge is 2.22. The number of hydrogen-bond donors (Lipinski definition) is 1. The fourth-order valence-electron chi connectivity index (χ4n) is 4.33. The first-order valence-corrected chi connectivity index (χ1v) is 12.0. The van der Waals surface area contributed by atoms with Crippen LogP contribution in [0.3, 0.4) is 0 Å². The Kier molecular flexibility index (Phi) is 6.74. The molecule has 0 fully saturated rings. The second kappa shape index (κ2) is 10.3. The summed E-state index contributed by atoms with van der Waals surface area (Å²) < 4.78 is 23.5. The lowest BCUT2D eigenvalue weighted by Crippen LogP contribution is -2.25. The maximum atomic E-state index is 13.5. The number of ketones is 1. The van der Waals surface area contributed by atoms with Crippen LogP contribution in [0, 0.1) is 6.92 Å². The summed E-state index contributed by atoms with van der Waals surface area (Å²) in [6, 6.07) is 15.2. The van der Waals surface area contributed by atoms with E-state index in [1.165, 1.54) is 20.4 Å². The Hall–Kier alpha value is -4.79. The van der Waals surface area contributed by atoms with Crippen LogP contribution in [-0.4, -0.2) is 43.7 Å². The van der Waals surface area contributed by atoms with Gasteiger partial charge in [0.25, 0.3) is 0 Å². The molecule has 1 aromatic heterocycles. The first-order valence-electron chi connectivity index (χ1n) is 12.0. The monoisotopic (exact) mass is 514 g/mol. The normalized spacial score (nSPS) is 12.2. The molecule has 0 bridgehead atoms. The Morgan fingerprint density at radius 2 is 1.66 bits per heavy atom. The zero-order chi connectivity index (χ0) is 26.8. The van der Waals surface area contributed by atoms with E-state index in [4.69, 9.17) is 18.9 Å². The van der Waals surface area contributed by atoms with Crippen LogP contribution in [0.2, 0.25) is 0 Å². The number of aromatic nitrogens is 1. The van der Waals surface area contributed by atoms with Gasteiger partial charge in [0.1, 0.15) is 31.3 Å². The SMILES string of the molecule is COc1ccc(NC(=O)Cn2cc(C(=O)c3ccc(C)cc3)c(=O)c3cc4c(cc32)OCCO4)c(OC)c1. The van der Waals surface area contributed by atoms with Crippen molar-refractivity contribution < 1.29 is 28.5 Å². The number of carbonyl (C=O) groups is 2. The molecule has 4 aromatic rings. The topological polar surface area (TPSA) is 105 Å². The molecule has 0 saturated heterocycles. The first kappa shape index (κ1) is 24.9. The fourth-order valence-corrected chi connectivity index (χ4v) is 4.33. The summed E-state index contributed by atoms with van der Waals surface area (Å²) in [7, 11) is 3.03. The smallest absolute Gasteiger partial charge is 0.244 e. The zero-order valence-corrected chi connectivity index (χ0v) is 21.2. The average molecular weight is 515 g/mol. The Bertz CT molecular complexity index is 1610. The molecule has 0 spiro atoms. The van der Waals surface area contributed by atoms with Crippen molar-refractivity contribution in [3.8, 4) is 23.0 Å². The van der Waals surface area contributed by atoms with Crippen molar-refractivity contribution in [1.82, 2.24) is 4.57 Å². The highest BCUT2D eigenvalue weighted by molar-refractivity contribution is 6.10. The third kappa shape index (κ3) is 4.78. The van der Waals surface area contributed by atoms with Crippen molar-refractivity contribution in [2.75, 3.05) is 32.8 Å². The molecule has 0 unspecified atom stereocenters. The van der Waals surface area contributed by atoms with Gasteiger partial charge in [-0.15, -0.1) is 0 Å². The van der Waals surface area contributed by atoms with Crippen LogP contribution in [0.25, 0.3) is 10.9 Å². The number of fused-ring (bicyclic) bond motifs is 2. The van der Waals surface area contributed by atoms with Crippen LogP contribution in [0.5, 0.6) is 23.0 Å². The molecule has 1 aliphatic heterocycles. The summed E-state index contributed by atoms with van der Waals surface area (Å²) in [5, 5.41) is 3.08. The summed E-state index contributed by atoms with van der Waals surface area (Å²) in [5.74, 6) is 1.07. The van der Waals surface area contributed by atoms with E-state index >= 15 is 0 Å². The number of rotatable bonds is 7. The minimum absolute atomic E-state index is 0.0483. The number of ether oxygens (including phenoxy) is 4. The maximum absolute atomic E-state index is 13.5. The van der Waals surface area contributed by atoms with Crippen LogP contribution in [0.1, 0.15) is 21.5 Å². The molecule has 5 rings (SSSR count). The number of aryl methyl sites for hydroxylation is 1. The lowest BCUT2D eigenvalue weighted by atomic mass is 10.0. The number of benzene rings is 3. The van der Waals surface area contributed by atoms with Crippen molar-refractivity contribution in [3.05, 3.63) is 87.7 Å². The van der Waals surface area contributed by atoms with Crippen LogP contribution in [0.15, 0.2) is 65.6 Å². The molecule has 0 atom stereocenters. The Labute approximate surface area is 218 Å². The maximum Gasteiger partial charge on any atom is 0.244 e. The van der Waals surface area contributed by atoms with Gasteiger partial charge in [0, 0.05) is 23.9 Å². The van der Waals surface area contributed by atoms with E-state index in [-0.39, 0.29) is 23.4 Å². The largest absolute Gasteiger partial charge is 0.497 e. The van der Waals surface area contributed by atoms with Crippen LogP contribution in [0.4, 0.5) is 5.69 Å². The third-order valence-corrected chi connectivity index (χ3v) is 6.30. The molecule has 9 heteroatoms. The minimum Gasteiger partial charge on any atom is -0.497 e. The molecule has 2 heterocycles. The van der Waals surface area contributed by atoms with Crippen LogP contribution >= 0.6 is 0 Å².